The van der Waals surface area contributed by atoms with Crippen LogP contribution >= 0.6 is 45.8 Å². The van der Waals surface area contributed by atoms with Gasteiger partial charge < -0.3 is 4.74 Å². The number of carbonyl (C=O) groups excluding carboxylic acids is 1. The molecule has 0 aliphatic heterocycles. The zero-order chi connectivity index (χ0) is 16.1. The Morgan fingerprint density at radius 3 is 2.68 bits per heavy atom. The minimum absolute atomic E-state index is 0.328. The lowest BCUT2D eigenvalue weighted by Gasteiger charge is -2.05. The third-order valence-corrected chi connectivity index (χ3v) is 4.37. The minimum atomic E-state index is -0.328. The Morgan fingerprint density at radius 1 is 1.23 bits per heavy atom. The average molecular weight is 449 g/mol. The first-order valence-electron chi connectivity index (χ1n) is 6.13. The van der Waals surface area contributed by atoms with Gasteiger partial charge in [-0.05, 0) is 58.5 Å². The van der Waals surface area contributed by atoms with Crippen LogP contribution in [0.4, 0.5) is 0 Å². The summed E-state index contributed by atoms with van der Waals surface area (Å²) in [6.45, 7) is 0. The number of hydrazone groups is 1. The summed E-state index contributed by atoms with van der Waals surface area (Å²) in [5, 5.41) is 4.79. The van der Waals surface area contributed by atoms with Gasteiger partial charge in [-0.2, -0.15) is 5.10 Å². The third kappa shape index (κ3) is 4.34. The first-order chi connectivity index (χ1) is 10.5. The molecule has 1 amide bonds. The molecule has 0 atom stereocenters. The maximum atomic E-state index is 12.0. The van der Waals surface area contributed by atoms with Crippen LogP contribution in [0.2, 0.25) is 10.0 Å². The second-order valence-electron chi connectivity index (χ2n) is 4.22. The number of nitrogens with zero attached hydrogens (tertiary/aromatic N) is 1. The van der Waals surface area contributed by atoms with E-state index in [1.165, 1.54) is 6.21 Å². The second-order valence-corrected chi connectivity index (χ2v) is 6.20. The summed E-state index contributed by atoms with van der Waals surface area (Å²) in [4.78, 5) is 12.0. The second kappa shape index (κ2) is 7.80. The summed E-state index contributed by atoms with van der Waals surface area (Å²) in [6.07, 6.45) is 1.49. The van der Waals surface area contributed by atoms with Gasteiger partial charge in [-0.3, -0.25) is 4.79 Å². The fraction of sp³-hybridized carbons (Fsp3) is 0.0667. The fourth-order valence-electron chi connectivity index (χ4n) is 1.62. The van der Waals surface area contributed by atoms with Crippen molar-refractivity contribution in [3.8, 4) is 5.75 Å². The quantitative estimate of drug-likeness (QED) is 0.429. The van der Waals surface area contributed by atoms with E-state index in [1.54, 1.807) is 43.5 Å². The zero-order valence-corrected chi connectivity index (χ0v) is 15.1. The van der Waals surface area contributed by atoms with Crippen LogP contribution in [0.3, 0.4) is 0 Å². The van der Waals surface area contributed by atoms with Crippen molar-refractivity contribution >= 4 is 57.9 Å². The Morgan fingerprint density at radius 2 is 2.00 bits per heavy atom. The average Bonchev–Trinajstić information content (AvgIpc) is 2.51. The number of benzene rings is 2. The number of ether oxygens (including phenoxy) is 1. The highest BCUT2D eigenvalue weighted by molar-refractivity contribution is 14.1. The molecule has 0 unspecified atom stereocenters. The van der Waals surface area contributed by atoms with Gasteiger partial charge in [-0.25, -0.2) is 5.43 Å². The molecule has 0 spiro atoms. The van der Waals surface area contributed by atoms with Gasteiger partial charge in [0.15, 0.2) is 0 Å². The first kappa shape index (κ1) is 17.1. The molecule has 0 aromatic heterocycles. The number of nitrogens with one attached hydrogen (secondary N) is 1. The molecular formula is C15H11Cl2IN2O2. The number of hydrogen-bond acceptors (Lipinski definition) is 3. The molecule has 2 aromatic carbocycles. The van der Waals surface area contributed by atoms with Crippen LogP contribution in [0.25, 0.3) is 0 Å². The highest BCUT2D eigenvalue weighted by atomic mass is 127. The molecule has 0 bridgehead atoms. The van der Waals surface area contributed by atoms with Crippen LogP contribution in [0, 0.1) is 3.57 Å². The summed E-state index contributed by atoms with van der Waals surface area (Å²) >= 11 is 13.9. The lowest BCUT2D eigenvalue weighted by molar-refractivity contribution is 0.0955. The van der Waals surface area contributed by atoms with E-state index < -0.39 is 0 Å². The lowest BCUT2D eigenvalue weighted by atomic mass is 10.2. The van der Waals surface area contributed by atoms with Crippen LogP contribution in [0.1, 0.15) is 15.9 Å². The molecule has 2 rings (SSSR count). The predicted octanol–water partition coefficient (Wildman–Crippen LogP) is 4.37. The van der Waals surface area contributed by atoms with Gasteiger partial charge in [-0.15, -0.1) is 0 Å². The van der Waals surface area contributed by atoms with E-state index in [0.717, 1.165) is 9.13 Å². The highest BCUT2D eigenvalue weighted by Gasteiger charge is 2.08. The molecule has 0 radical (unpaired) electrons. The van der Waals surface area contributed by atoms with Crippen molar-refractivity contribution in [1.82, 2.24) is 5.43 Å². The molecule has 0 aliphatic rings. The molecule has 0 saturated heterocycles. The van der Waals surface area contributed by atoms with E-state index in [4.69, 9.17) is 27.9 Å². The number of amides is 1. The Hall–Kier alpha value is -1.31. The van der Waals surface area contributed by atoms with Gasteiger partial charge in [-0.1, -0.05) is 29.3 Å². The number of carbonyl (C=O) groups is 1. The minimum Gasteiger partial charge on any atom is -0.496 e. The van der Waals surface area contributed by atoms with Gasteiger partial charge in [0.25, 0.3) is 5.91 Å². The molecule has 22 heavy (non-hydrogen) atoms. The number of methoxy groups -OCH3 is 1. The molecule has 2 aromatic rings. The highest BCUT2D eigenvalue weighted by Crippen LogP contribution is 2.22. The molecule has 114 valence electrons. The van der Waals surface area contributed by atoms with Crippen molar-refractivity contribution in [2.75, 3.05) is 7.11 Å². The third-order valence-electron chi connectivity index (χ3n) is 2.74. The van der Waals surface area contributed by atoms with Gasteiger partial charge in [0, 0.05) is 5.56 Å². The van der Waals surface area contributed by atoms with Crippen molar-refractivity contribution in [1.29, 1.82) is 0 Å². The largest absolute Gasteiger partial charge is 0.496 e. The van der Waals surface area contributed by atoms with E-state index in [9.17, 15) is 4.79 Å². The topological polar surface area (TPSA) is 50.7 Å². The van der Waals surface area contributed by atoms with Crippen molar-refractivity contribution in [3.05, 3.63) is 61.1 Å². The fourth-order valence-corrected chi connectivity index (χ4v) is 2.49. The van der Waals surface area contributed by atoms with Gasteiger partial charge in [0.2, 0.25) is 0 Å². The molecule has 0 saturated carbocycles. The van der Waals surface area contributed by atoms with Gasteiger partial charge >= 0.3 is 0 Å². The molecule has 0 aliphatic carbocycles. The number of hydrogen-bond donors (Lipinski definition) is 1. The van der Waals surface area contributed by atoms with E-state index >= 15 is 0 Å². The summed E-state index contributed by atoms with van der Waals surface area (Å²) in [7, 11) is 1.56. The summed E-state index contributed by atoms with van der Waals surface area (Å²) in [6, 6.07) is 10.2. The standard InChI is InChI=1S/C15H11Cl2IN2O2/c1-22-14-7-10(3-5-13(14)18)15(21)20-19-8-9-2-4-11(16)12(17)6-9/h2-8H,1H3,(H,20,21)/b19-8-. The smallest absolute Gasteiger partial charge is 0.271 e. The zero-order valence-electron chi connectivity index (χ0n) is 11.4. The van der Waals surface area contributed by atoms with E-state index in [2.05, 4.69) is 33.1 Å². The van der Waals surface area contributed by atoms with E-state index in [0.29, 0.717) is 21.4 Å². The van der Waals surface area contributed by atoms with Crippen LogP contribution in [0.15, 0.2) is 41.5 Å². The van der Waals surface area contributed by atoms with Crippen LogP contribution in [-0.2, 0) is 0 Å². The summed E-state index contributed by atoms with van der Waals surface area (Å²) < 4.78 is 6.11. The number of rotatable bonds is 4. The van der Waals surface area contributed by atoms with E-state index in [-0.39, 0.29) is 5.91 Å². The monoisotopic (exact) mass is 448 g/mol. The van der Waals surface area contributed by atoms with E-state index in [1.807, 2.05) is 0 Å². The molecule has 0 fully saturated rings. The van der Waals surface area contributed by atoms with Crippen molar-refractivity contribution in [3.63, 3.8) is 0 Å². The maximum absolute atomic E-state index is 12.0. The van der Waals surface area contributed by atoms with Crippen molar-refractivity contribution in [2.45, 2.75) is 0 Å². The molecule has 7 heteroatoms. The molecular weight excluding hydrogens is 438 g/mol. The molecule has 1 N–H and O–H groups in total. The lowest BCUT2D eigenvalue weighted by Crippen LogP contribution is -2.17. The first-order valence-corrected chi connectivity index (χ1v) is 7.96. The summed E-state index contributed by atoms with van der Waals surface area (Å²) in [5.74, 6) is 0.313. The van der Waals surface area contributed by atoms with Gasteiger partial charge in [0.05, 0.1) is 26.9 Å². The maximum Gasteiger partial charge on any atom is 0.271 e. The van der Waals surface area contributed by atoms with Crippen molar-refractivity contribution in [2.24, 2.45) is 5.10 Å². The molecule has 0 heterocycles. The molecule has 4 nitrogen and oxygen atoms in total. The Labute approximate surface area is 151 Å². The Bertz CT molecular complexity index is 735. The van der Waals surface area contributed by atoms with Gasteiger partial charge in [0.1, 0.15) is 5.75 Å². The number of halogens is 3. The SMILES string of the molecule is COc1cc(C(=O)N/N=C\c2ccc(Cl)c(Cl)c2)ccc1I. The normalized spacial score (nSPS) is 10.7. The Kier molecular flexibility index (Phi) is 6.05. The van der Waals surface area contributed by atoms with Crippen LogP contribution in [-0.4, -0.2) is 19.2 Å². The predicted molar refractivity (Wildman–Crippen MR) is 97.2 cm³/mol. The van der Waals surface area contributed by atoms with Crippen LogP contribution < -0.4 is 10.2 Å². The van der Waals surface area contributed by atoms with Crippen LogP contribution in [0.5, 0.6) is 5.75 Å². The van der Waals surface area contributed by atoms with Crippen molar-refractivity contribution < 1.29 is 9.53 Å². The summed E-state index contributed by atoms with van der Waals surface area (Å²) in [5.41, 5.74) is 3.64. The Balaban J connectivity index is 2.06.